The summed E-state index contributed by atoms with van der Waals surface area (Å²) in [5.41, 5.74) is 0. The van der Waals surface area contributed by atoms with E-state index in [4.69, 9.17) is 11.6 Å². The molecule has 4 nitrogen and oxygen atoms in total. The van der Waals surface area contributed by atoms with Crippen LogP contribution in [-0.2, 0) is 10.0 Å². The van der Waals surface area contributed by atoms with E-state index >= 15 is 0 Å². The molecule has 1 aliphatic rings. The third-order valence-corrected chi connectivity index (χ3v) is 4.86. The third kappa shape index (κ3) is 3.90. The topological polar surface area (TPSA) is 40.6 Å². The summed E-state index contributed by atoms with van der Waals surface area (Å²) in [7, 11) is 0.808. The molecule has 0 N–H and O–H groups in total. The van der Waals surface area contributed by atoms with Gasteiger partial charge in [0.05, 0.1) is 0 Å². The maximum Gasteiger partial charge on any atom is 0.228 e. The first-order valence-corrected chi connectivity index (χ1v) is 7.28. The van der Waals surface area contributed by atoms with Crippen molar-refractivity contribution in [1.82, 2.24) is 9.21 Å². The molecule has 0 aromatic rings. The lowest BCUT2D eigenvalue weighted by atomic mass is 9.99. The predicted octanol–water partition coefficient (Wildman–Crippen LogP) is 0.786. The predicted molar refractivity (Wildman–Crippen MR) is 62.5 cm³/mol. The zero-order chi connectivity index (χ0) is 11.5. The standard InChI is InChI=1S/C9H19ClN2O2S/c1-11(2)6-9-4-3-5-12(7-9)15(13,14)8-10/h9H,3-8H2,1-2H3. The first-order valence-electron chi connectivity index (χ1n) is 5.14. The number of hydrogen-bond acceptors (Lipinski definition) is 3. The fraction of sp³-hybridized carbons (Fsp3) is 1.00. The minimum Gasteiger partial charge on any atom is -0.309 e. The number of piperidine rings is 1. The van der Waals surface area contributed by atoms with Crippen LogP contribution >= 0.6 is 11.6 Å². The highest BCUT2D eigenvalue weighted by Gasteiger charge is 2.28. The van der Waals surface area contributed by atoms with Crippen molar-refractivity contribution in [3.63, 3.8) is 0 Å². The molecule has 0 radical (unpaired) electrons. The van der Waals surface area contributed by atoms with Crippen LogP contribution in [-0.4, -0.2) is 56.6 Å². The van der Waals surface area contributed by atoms with E-state index in [2.05, 4.69) is 4.90 Å². The molecule has 1 rings (SSSR count). The highest BCUT2D eigenvalue weighted by atomic mass is 35.5. The first kappa shape index (κ1) is 13.2. The van der Waals surface area contributed by atoms with Gasteiger partial charge in [0.2, 0.25) is 10.0 Å². The Morgan fingerprint density at radius 1 is 1.47 bits per heavy atom. The van der Waals surface area contributed by atoms with Gasteiger partial charge in [0.15, 0.2) is 0 Å². The normalized spacial score (nSPS) is 24.7. The number of nitrogens with zero attached hydrogens (tertiary/aromatic N) is 2. The van der Waals surface area contributed by atoms with Crippen molar-refractivity contribution in [1.29, 1.82) is 0 Å². The molecule has 6 heteroatoms. The molecular weight excluding hydrogens is 236 g/mol. The first-order chi connectivity index (χ1) is 6.95. The average molecular weight is 255 g/mol. The molecular formula is C9H19ClN2O2S. The number of alkyl halides is 1. The van der Waals surface area contributed by atoms with Gasteiger partial charge in [0.1, 0.15) is 5.21 Å². The Labute approximate surface area is 97.2 Å². The van der Waals surface area contributed by atoms with Gasteiger partial charge in [-0.05, 0) is 32.9 Å². The van der Waals surface area contributed by atoms with Gasteiger partial charge in [-0.25, -0.2) is 12.7 Å². The van der Waals surface area contributed by atoms with Crippen LogP contribution < -0.4 is 0 Å². The molecule has 0 aliphatic carbocycles. The lowest BCUT2D eigenvalue weighted by Crippen LogP contribution is -2.43. The summed E-state index contributed by atoms with van der Waals surface area (Å²) < 4.78 is 24.7. The van der Waals surface area contributed by atoms with E-state index in [9.17, 15) is 8.42 Å². The molecule has 1 fully saturated rings. The molecule has 0 bridgehead atoms. The van der Waals surface area contributed by atoms with Crippen LogP contribution in [0.3, 0.4) is 0 Å². The van der Waals surface area contributed by atoms with Crippen molar-refractivity contribution < 1.29 is 8.42 Å². The Morgan fingerprint density at radius 2 is 2.13 bits per heavy atom. The van der Waals surface area contributed by atoms with Gasteiger partial charge in [-0.2, -0.15) is 0 Å². The summed E-state index contributed by atoms with van der Waals surface area (Å²) in [6.07, 6.45) is 2.04. The molecule has 0 spiro atoms. The molecule has 0 saturated carbocycles. The zero-order valence-corrected chi connectivity index (χ0v) is 10.9. The molecule has 0 aromatic carbocycles. The van der Waals surface area contributed by atoms with E-state index in [0.717, 1.165) is 19.4 Å². The molecule has 1 heterocycles. The maximum absolute atomic E-state index is 11.6. The number of hydrogen-bond donors (Lipinski definition) is 0. The largest absolute Gasteiger partial charge is 0.309 e. The van der Waals surface area contributed by atoms with Gasteiger partial charge >= 0.3 is 0 Å². The van der Waals surface area contributed by atoms with E-state index in [0.29, 0.717) is 19.0 Å². The number of sulfonamides is 1. The molecule has 1 atom stereocenters. The van der Waals surface area contributed by atoms with Crippen LogP contribution in [0.25, 0.3) is 0 Å². The van der Waals surface area contributed by atoms with Crippen LogP contribution in [0.4, 0.5) is 0 Å². The quantitative estimate of drug-likeness (QED) is 0.697. The van der Waals surface area contributed by atoms with Gasteiger partial charge < -0.3 is 4.90 Å². The highest BCUT2D eigenvalue weighted by Crippen LogP contribution is 2.20. The summed E-state index contributed by atoms with van der Waals surface area (Å²) in [6.45, 7) is 2.18. The van der Waals surface area contributed by atoms with Gasteiger partial charge in [-0.3, -0.25) is 0 Å². The Balaban J connectivity index is 2.56. The van der Waals surface area contributed by atoms with E-state index < -0.39 is 10.0 Å². The molecule has 90 valence electrons. The summed E-state index contributed by atoms with van der Waals surface area (Å²) in [4.78, 5) is 2.10. The minimum atomic E-state index is -3.21. The highest BCUT2D eigenvalue weighted by molar-refractivity contribution is 7.90. The smallest absolute Gasteiger partial charge is 0.228 e. The lowest BCUT2D eigenvalue weighted by molar-refractivity contribution is 0.219. The fourth-order valence-electron chi connectivity index (χ4n) is 2.01. The second kappa shape index (κ2) is 5.48. The molecule has 1 unspecified atom stereocenters. The van der Waals surface area contributed by atoms with Gasteiger partial charge in [-0.1, -0.05) is 0 Å². The van der Waals surface area contributed by atoms with Crippen LogP contribution in [0.2, 0.25) is 0 Å². The van der Waals surface area contributed by atoms with Gasteiger partial charge in [-0.15, -0.1) is 11.6 Å². The van der Waals surface area contributed by atoms with Crippen molar-refractivity contribution in [2.75, 3.05) is 38.9 Å². The van der Waals surface area contributed by atoms with E-state index in [1.807, 2.05) is 14.1 Å². The summed E-state index contributed by atoms with van der Waals surface area (Å²) in [5.74, 6) is 0.437. The van der Waals surface area contributed by atoms with E-state index in [-0.39, 0.29) is 5.21 Å². The lowest BCUT2D eigenvalue weighted by Gasteiger charge is -2.32. The Morgan fingerprint density at radius 3 is 2.67 bits per heavy atom. The molecule has 1 aliphatic heterocycles. The van der Waals surface area contributed by atoms with Crippen LogP contribution in [0, 0.1) is 5.92 Å². The molecule has 15 heavy (non-hydrogen) atoms. The van der Waals surface area contributed by atoms with Crippen molar-refractivity contribution in [2.24, 2.45) is 5.92 Å². The van der Waals surface area contributed by atoms with Crippen LogP contribution in [0.15, 0.2) is 0 Å². The Kier molecular flexibility index (Phi) is 4.83. The number of halogens is 1. The average Bonchev–Trinajstić information content (AvgIpc) is 2.17. The third-order valence-electron chi connectivity index (χ3n) is 2.64. The van der Waals surface area contributed by atoms with Gasteiger partial charge in [0, 0.05) is 19.6 Å². The zero-order valence-electron chi connectivity index (χ0n) is 9.32. The van der Waals surface area contributed by atoms with Crippen LogP contribution in [0.5, 0.6) is 0 Å². The second-order valence-electron chi connectivity index (χ2n) is 4.35. The molecule has 0 aromatic heterocycles. The van der Waals surface area contributed by atoms with Crippen molar-refractivity contribution in [2.45, 2.75) is 12.8 Å². The monoisotopic (exact) mass is 254 g/mol. The Bertz CT molecular complexity index is 292. The van der Waals surface area contributed by atoms with Crippen molar-refractivity contribution in [3.05, 3.63) is 0 Å². The molecule has 1 saturated heterocycles. The fourth-order valence-corrected chi connectivity index (χ4v) is 3.41. The maximum atomic E-state index is 11.6. The van der Waals surface area contributed by atoms with Crippen molar-refractivity contribution >= 4 is 21.6 Å². The van der Waals surface area contributed by atoms with E-state index in [1.54, 1.807) is 0 Å². The van der Waals surface area contributed by atoms with Crippen molar-refractivity contribution in [3.8, 4) is 0 Å². The van der Waals surface area contributed by atoms with Gasteiger partial charge in [0.25, 0.3) is 0 Å². The second-order valence-corrected chi connectivity index (χ2v) is 6.90. The SMILES string of the molecule is CN(C)CC1CCCN(S(=O)(=O)CCl)C1. The van der Waals surface area contributed by atoms with E-state index in [1.165, 1.54) is 4.31 Å². The minimum absolute atomic E-state index is 0.304. The number of rotatable bonds is 4. The summed E-state index contributed by atoms with van der Waals surface area (Å²) in [5, 5.41) is -0.304. The van der Waals surface area contributed by atoms with Crippen LogP contribution in [0.1, 0.15) is 12.8 Å². The summed E-state index contributed by atoms with van der Waals surface area (Å²) >= 11 is 5.44. The Hall–Kier alpha value is 0.160. The summed E-state index contributed by atoms with van der Waals surface area (Å²) in [6, 6.07) is 0. The molecule has 0 amide bonds.